The van der Waals surface area contributed by atoms with E-state index in [1.807, 2.05) is 32.0 Å². The zero-order valence-corrected chi connectivity index (χ0v) is 17.4. The van der Waals surface area contributed by atoms with E-state index in [9.17, 15) is 13.2 Å². The molecule has 1 aliphatic heterocycles. The molecule has 0 fully saturated rings. The number of nitrogens with zero attached hydrogens (tertiary/aromatic N) is 2. The van der Waals surface area contributed by atoms with Gasteiger partial charge in [-0.1, -0.05) is 32.0 Å². The van der Waals surface area contributed by atoms with Crippen LogP contribution < -0.4 is 10.2 Å². The van der Waals surface area contributed by atoms with Gasteiger partial charge in [0.25, 0.3) is 0 Å². The summed E-state index contributed by atoms with van der Waals surface area (Å²) < 4.78 is 26.5. The van der Waals surface area contributed by atoms with Gasteiger partial charge in [-0.3, -0.25) is 4.79 Å². The van der Waals surface area contributed by atoms with Crippen LogP contribution in [-0.2, 0) is 21.2 Å². The van der Waals surface area contributed by atoms with Crippen molar-refractivity contribution >= 4 is 27.3 Å². The van der Waals surface area contributed by atoms with Crippen molar-refractivity contribution < 1.29 is 13.2 Å². The summed E-state index contributed by atoms with van der Waals surface area (Å²) in [5.41, 5.74) is 2.95. The van der Waals surface area contributed by atoms with Crippen molar-refractivity contribution in [3.63, 3.8) is 0 Å². The molecule has 3 rings (SSSR count). The number of rotatable bonds is 7. The molecule has 0 aromatic heterocycles. The molecule has 0 saturated heterocycles. The van der Waals surface area contributed by atoms with E-state index in [0.717, 1.165) is 12.1 Å². The first-order valence-electron chi connectivity index (χ1n) is 9.61. The summed E-state index contributed by atoms with van der Waals surface area (Å²) in [6, 6.07) is 14.8. The third kappa shape index (κ3) is 4.05. The van der Waals surface area contributed by atoms with E-state index in [1.165, 1.54) is 22.0 Å². The minimum atomic E-state index is -3.49. The number of carbonyl (C=O) groups excluding carboxylic acids is 1. The predicted molar refractivity (Wildman–Crippen MR) is 112 cm³/mol. The average Bonchev–Trinajstić information content (AvgIpc) is 2.98. The van der Waals surface area contributed by atoms with Crippen molar-refractivity contribution in [3.05, 3.63) is 54.1 Å². The minimum absolute atomic E-state index is 0.122. The van der Waals surface area contributed by atoms with Gasteiger partial charge in [0.2, 0.25) is 15.9 Å². The molecule has 1 N–H and O–H groups in total. The zero-order chi connectivity index (χ0) is 20.3. The first-order valence-corrected chi connectivity index (χ1v) is 11.1. The molecule has 1 heterocycles. The van der Waals surface area contributed by atoms with Gasteiger partial charge in [0.1, 0.15) is 0 Å². The van der Waals surface area contributed by atoms with Crippen LogP contribution in [0.5, 0.6) is 0 Å². The minimum Gasteiger partial charge on any atom is -0.359 e. The molecular formula is C21H27N3O3S. The molecule has 6 nitrogen and oxygen atoms in total. The lowest BCUT2D eigenvalue weighted by Crippen LogP contribution is -2.37. The molecular weight excluding hydrogens is 374 g/mol. The number of anilines is 2. The number of benzene rings is 2. The highest BCUT2D eigenvalue weighted by molar-refractivity contribution is 7.89. The van der Waals surface area contributed by atoms with Crippen molar-refractivity contribution in [2.45, 2.75) is 38.1 Å². The number of hydrogen-bond acceptors (Lipinski definition) is 4. The summed E-state index contributed by atoms with van der Waals surface area (Å²) in [5, 5.41) is 2.87. The van der Waals surface area contributed by atoms with Crippen LogP contribution in [0.3, 0.4) is 0 Å². The van der Waals surface area contributed by atoms with Crippen molar-refractivity contribution in [2.75, 3.05) is 29.9 Å². The maximum Gasteiger partial charge on any atom is 0.243 e. The van der Waals surface area contributed by atoms with Gasteiger partial charge >= 0.3 is 0 Å². The summed E-state index contributed by atoms with van der Waals surface area (Å²) in [5.74, 6) is -0.122. The lowest BCUT2D eigenvalue weighted by Gasteiger charge is -2.24. The number of nitrogens with one attached hydrogen (secondary N) is 1. The fraction of sp³-hybridized carbons (Fsp3) is 0.381. The van der Waals surface area contributed by atoms with Gasteiger partial charge in [-0.2, -0.15) is 4.31 Å². The van der Waals surface area contributed by atoms with Crippen LogP contribution in [0, 0.1) is 0 Å². The Morgan fingerprint density at radius 1 is 1.11 bits per heavy atom. The second kappa shape index (κ2) is 8.32. The highest BCUT2D eigenvalue weighted by Gasteiger charge is 2.27. The van der Waals surface area contributed by atoms with E-state index in [-0.39, 0.29) is 23.4 Å². The molecule has 2 aromatic carbocycles. The van der Waals surface area contributed by atoms with Crippen LogP contribution in [0.1, 0.15) is 26.3 Å². The first-order chi connectivity index (χ1) is 13.4. The first kappa shape index (κ1) is 20.4. The monoisotopic (exact) mass is 401 g/mol. The van der Waals surface area contributed by atoms with Crippen LogP contribution >= 0.6 is 0 Å². The molecule has 1 aliphatic rings. The molecule has 0 unspecified atom stereocenters. The summed E-state index contributed by atoms with van der Waals surface area (Å²) in [6.45, 7) is 6.84. The molecule has 0 radical (unpaired) electrons. The smallest absolute Gasteiger partial charge is 0.243 e. The lowest BCUT2D eigenvalue weighted by atomic mass is 10.1. The van der Waals surface area contributed by atoms with Gasteiger partial charge < -0.3 is 10.2 Å². The second-order valence-corrected chi connectivity index (χ2v) is 8.91. The van der Waals surface area contributed by atoms with Crippen LogP contribution in [0.25, 0.3) is 0 Å². The fourth-order valence-electron chi connectivity index (χ4n) is 3.65. The summed E-state index contributed by atoms with van der Waals surface area (Å²) in [4.78, 5) is 14.9. The number of hydrogen-bond donors (Lipinski definition) is 1. The largest absolute Gasteiger partial charge is 0.359 e. The third-order valence-electron chi connectivity index (χ3n) is 5.14. The molecule has 1 amide bonds. The Balaban J connectivity index is 1.67. The van der Waals surface area contributed by atoms with E-state index in [2.05, 4.69) is 23.2 Å². The van der Waals surface area contributed by atoms with E-state index in [0.29, 0.717) is 18.8 Å². The number of para-hydroxylation sites is 1. The van der Waals surface area contributed by atoms with E-state index in [1.54, 1.807) is 12.1 Å². The van der Waals surface area contributed by atoms with Gasteiger partial charge in [0.05, 0.1) is 11.4 Å². The molecule has 0 aliphatic carbocycles. The number of carbonyl (C=O) groups is 1. The average molecular weight is 402 g/mol. The van der Waals surface area contributed by atoms with Crippen LogP contribution in [0.4, 0.5) is 11.4 Å². The highest BCUT2D eigenvalue weighted by Crippen LogP contribution is 2.31. The van der Waals surface area contributed by atoms with Gasteiger partial charge in [-0.05, 0) is 49.2 Å². The molecule has 0 bridgehead atoms. The topological polar surface area (TPSA) is 69.7 Å². The van der Waals surface area contributed by atoms with Gasteiger partial charge in [0, 0.05) is 30.5 Å². The summed E-state index contributed by atoms with van der Waals surface area (Å²) >= 11 is 0. The Kier molecular flexibility index (Phi) is 6.05. The quantitative estimate of drug-likeness (QED) is 0.774. The van der Waals surface area contributed by atoms with Gasteiger partial charge in [-0.25, -0.2) is 8.42 Å². The second-order valence-electron chi connectivity index (χ2n) is 6.97. The number of amides is 1. The van der Waals surface area contributed by atoms with Crippen LogP contribution in [0.2, 0.25) is 0 Å². The van der Waals surface area contributed by atoms with Crippen molar-refractivity contribution in [1.82, 2.24) is 4.31 Å². The molecule has 7 heteroatoms. The maximum absolute atomic E-state index is 12.5. The Morgan fingerprint density at radius 3 is 2.39 bits per heavy atom. The molecule has 2 aromatic rings. The Bertz CT molecular complexity index is 938. The summed E-state index contributed by atoms with van der Waals surface area (Å²) in [6.07, 6.45) is 0.932. The summed E-state index contributed by atoms with van der Waals surface area (Å²) in [7, 11) is -3.49. The van der Waals surface area contributed by atoms with Crippen LogP contribution in [-0.4, -0.2) is 44.3 Å². The Labute approximate surface area is 167 Å². The van der Waals surface area contributed by atoms with E-state index >= 15 is 0 Å². The van der Waals surface area contributed by atoms with Crippen LogP contribution in [0.15, 0.2) is 53.4 Å². The van der Waals surface area contributed by atoms with Crippen molar-refractivity contribution in [3.8, 4) is 0 Å². The highest BCUT2D eigenvalue weighted by atomic mass is 32.2. The van der Waals surface area contributed by atoms with Gasteiger partial charge in [0.15, 0.2) is 0 Å². The normalized spacial score (nSPS) is 16.3. The van der Waals surface area contributed by atoms with E-state index < -0.39 is 10.0 Å². The van der Waals surface area contributed by atoms with Crippen molar-refractivity contribution in [2.24, 2.45) is 0 Å². The standard InChI is InChI=1S/C21H27N3O3S/c1-4-23(5-2)28(26,27)19-12-10-18(11-13-19)22-21(25)15-24-16(3)14-17-8-6-7-9-20(17)24/h6-13,16H,4-5,14-15H2,1-3H3,(H,22,25)/t16-/m1/s1. The van der Waals surface area contributed by atoms with Crippen molar-refractivity contribution in [1.29, 1.82) is 0 Å². The fourth-order valence-corrected chi connectivity index (χ4v) is 5.11. The number of fused-ring (bicyclic) bond motifs is 1. The number of sulfonamides is 1. The third-order valence-corrected chi connectivity index (χ3v) is 7.21. The molecule has 0 saturated carbocycles. The zero-order valence-electron chi connectivity index (χ0n) is 16.6. The molecule has 0 spiro atoms. The maximum atomic E-state index is 12.5. The lowest BCUT2D eigenvalue weighted by molar-refractivity contribution is -0.115. The molecule has 150 valence electrons. The molecule has 1 atom stereocenters. The Morgan fingerprint density at radius 2 is 1.75 bits per heavy atom. The Hall–Kier alpha value is -2.38. The molecule has 28 heavy (non-hydrogen) atoms. The van der Waals surface area contributed by atoms with E-state index in [4.69, 9.17) is 0 Å². The SMILES string of the molecule is CCN(CC)S(=O)(=O)c1ccc(NC(=O)CN2c3ccccc3C[C@H]2C)cc1. The predicted octanol–water partition coefficient (Wildman–Crippen LogP) is 3.11. The van der Waals surface area contributed by atoms with Gasteiger partial charge in [-0.15, -0.1) is 0 Å².